The smallest absolute Gasteiger partial charge is 0.185 e. The highest BCUT2D eigenvalue weighted by Crippen LogP contribution is 2.23. The molecule has 0 radical (unpaired) electrons. The van der Waals surface area contributed by atoms with E-state index in [0.717, 1.165) is 16.6 Å². The lowest BCUT2D eigenvalue weighted by Gasteiger charge is -2.00. The van der Waals surface area contributed by atoms with Gasteiger partial charge in [-0.3, -0.25) is 14.8 Å². The first-order valence-corrected chi connectivity index (χ1v) is 7.27. The molecule has 108 valence electrons. The normalized spacial score (nSPS) is 11.2. The van der Waals surface area contributed by atoms with E-state index in [0.29, 0.717) is 15.6 Å². The van der Waals surface area contributed by atoms with E-state index in [2.05, 4.69) is 9.97 Å². The molecule has 0 aliphatic rings. The second kappa shape index (κ2) is 6.26. The fourth-order valence-corrected chi connectivity index (χ4v) is 2.30. The van der Waals surface area contributed by atoms with E-state index < -0.39 is 0 Å². The molecule has 0 amide bonds. The summed E-state index contributed by atoms with van der Waals surface area (Å²) in [4.78, 5) is 20.6. The molecule has 3 aromatic rings. The lowest BCUT2D eigenvalue weighted by Crippen LogP contribution is -1.94. The van der Waals surface area contributed by atoms with Gasteiger partial charge in [-0.15, -0.1) is 0 Å². The zero-order valence-electron chi connectivity index (χ0n) is 11.3. The van der Waals surface area contributed by atoms with Crippen molar-refractivity contribution in [1.82, 2.24) is 9.97 Å². The molecule has 0 bridgehead atoms. The van der Waals surface area contributed by atoms with E-state index >= 15 is 0 Å². The molecule has 0 spiro atoms. The van der Waals surface area contributed by atoms with Crippen LogP contribution in [0.3, 0.4) is 0 Å². The first-order valence-electron chi connectivity index (χ1n) is 6.52. The minimum atomic E-state index is -0.141. The van der Waals surface area contributed by atoms with Crippen molar-refractivity contribution in [2.75, 3.05) is 0 Å². The second-order valence-electron chi connectivity index (χ2n) is 4.63. The zero-order chi connectivity index (χ0) is 15.5. The van der Waals surface area contributed by atoms with Crippen molar-refractivity contribution in [2.24, 2.45) is 0 Å². The van der Waals surface area contributed by atoms with E-state index in [9.17, 15) is 4.79 Å². The van der Waals surface area contributed by atoms with Crippen molar-refractivity contribution in [2.45, 2.75) is 0 Å². The van der Waals surface area contributed by atoms with Gasteiger partial charge in [-0.05, 0) is 42.0 Å². The second-order valence-corrected chi connectivity index (χ2v) is 5.45. The summed E-state index contributed by atoms with van der Waals surface area (Å²) in [6.45, 7) is 0. The number of ketones is 1. The largest absolute Gasteiger partial charge is 0.289 e. The van der Waals surface area contributed by atoms with Crippen molar-refractivity contribution in [3.63, 3.8) is 0 Å². The minimum absolute atomic E-state index is 0.141. The molecule has 0 saturated carbocycles. The van der Waals surface area contributed by atoms with Crippen molar-refractivity contribution in [3.8, 4) is 0 Å². The maximum absolute atomic E-state index is 12.1. The number of aromatic nitrogens is 2. The van der Waals surface area contributed by atoms with Gasteiger partial charge in [-0.2, -0.15) is 0 Å². The molecule has 0 fully saturated rings. The topological polar surface area (TPSA) is 42.9 Å². The van der Waals surface area contributed by atoms with Crippen LogP contribution in [0.2, 0.25) is 10.0 Å². The highest BCUT2D eigenvalue weighted by atomic mass is 35.5. The number of allylic oxidation sites excluding steroid dienone is 1. The van der Waals surface area contributed by atoms with Crippen LogP contribution in [-0.4, -0.2) is 15.8 Å². The third-order valence-corrected chi connectivity index (χ3v) is 3.86. The standard InChI is InChI=1S/C17H10Cl2N2O/c18-13-4-3-12(10-14(13)19)17(22)6-2-11-1-5-15-16(9-11)21-8-7-20-15/h1-10H/b6-2+. The Hall–Kier alpha value is -2.23. The molecule has 2 aromatic carbocycles. The fraction of sp³-hybridized carbons (Fsp3) is 0. The van der Waals surface area contributed by atoms with Gasteiger partial charge in [0.1, 0.15) is 0 Å². The lowest BCUT2D eigenvalue weighted by molar-refractivity contribution is 0.104. The molecule has 3 rings (SSSR count). The number of halogens is 2. The Labute approximate surface area is 137 Å². The van der Waals surface area contributed by atoms with Crippen LogP contribution >= 0.6 is 23.2 Å². The van der Waals surface area contributed by atoms with Gasteiger partial charge < -0.3 is 0 Å². The van der Waals surface area contributed by atoms with Crippen molar-refractivity contribution < 1.29 is 4.79 Å². The predicted molar refractivity (Wildman–Crippen MR) is 89.4 cm³/mol. The molecule has 5 heteroatoms. The summed E-state index contributed by atoms with van der Waals surface area (Å²) in [7, 11) is 0. The van der Waals surface area contributed by atoms with E-state index in [4.69, 9.17) is 23.2 Å². The van der Waals surface area contributed by atoms with Gasteiger partial charge in [0.05, 0.1) is 21.1 Å². The number of fused-ring (bicyclic) bond motifs is 1. The average Bonchev–Trinajstić information content (AvgIpc) is 2.55. The molecule has 0 aliphatic heterocycles. The maximum Gasteiger partial charge on any atom is 0.185 e. The third kappa shape index (κ3) is 3.16. The van der Waals surface area contributed by atoms with Crippen LogP contribution in [0, 0.1) is 0 Å². The average molecular weight is 329 g/mol. The zero-order valence-corrected chi connectivity index (χ0v) is 12.8. The molecule has 0 unspecified atom stereocenters. The van der Waals surface area contributed by atoms with E-state index in [1.54, 1.807) is 36.7 Å². The first-order chi connectivity index (χ1) is 10.6. The Kier molecular flexibility index (Phi) is 4.18. The summed E-state index contributed by atoms with van der Waals surface area (Å²) >= 11 is 11.8. The van der Waals surface area contributed by atoms with Crippen LogP contribution in [0.4, 0.5) is 0 Å². The van der Waals surface area contributed by atoms with Crippen LogP contribution in [0.15, 0.2) is 54.9 Å². The first kappa shape index (κ1) is 14.7. The Morgan fingerprint density at radius 2 is 1.68 bits per heavy atom. The van der Waals surface area contributed by atoms with Crippen LogP contribution in [0.5, 0.6) is 0 Å². The third-order valence-electron chi connectivity index (χ3n) is 3.12. The lowest BCUT2D eigenvalue weighted by atomic mass is 10.1. The number of benzene rings is 2. The van der Waals surface area contributed by atoms with Gasteiger partial charge in [0.25, 0.3) is 0 Å². The number of hydrogen-bond donors (Lipinski definition) is 0. The van der Waals surface area contributed by atoms with Gasteiger partial charge in [0, 0.05) is 18.0 Å². The Bertz CT molecular complexity index is 891. The molecule has 3 nitrogen and oxygen atoms in total. The number of carbonyl (C=O) groups excluding carboxylic acids is 1. The van der Waals surface area contributed by atoms with Crippen LogP contribution in [0.1, 0.15) is 15.9 Å². The van der Waals surface area contributed by atoms with Crippen molar-refractivity contribution in [1.29, 1.82) is 0 Å². The molecule has 0 atom stereocenters. The van der Waals surface area contributed by atoms with Gasteiger partial charge in [0.15, 0.2) is 5.78 Å². The summed E-state index contributed by atoms with van der Waals surface area (Å²) in [5, 5.41) is 0.789. The van der Waals surface area contributed by atoms with Crippen LogP contribution < -0.4 is 0 Å². The fourth-order valence-electron chi connectivity index (χ4n) is 2.00. The van der Waals surface area contributed by atoms with Gasteiger partial charge >= 0.3 is 0 Å². The van der Waals surface area contributed by atoms with Crippen molar-refractivity contribution >= 4 is 46.1 Å². The molecular formula is C17H10Cl2N2O. The molecule has 1 aromatic heterocycles. The summed E-state index contributed by atoms with van der Waals surface area (Å²) in [6.07, 6.45) is 6.51. The summed E-state index contributed by atoms with van der Waals surface area (Å²) < 4.78 is 0. The summed E-state index contributed by atoms with van der Waals surface area (Å²) in [6, 6.07) is 10.4. The van der Waals surface area contributed by atoms with Crippen molar-refractivity contribution in [3.05, 3.63) is 76.0 Å². The molecule has 22 heavy (non-hydrogen) atoms. The summed E-state index contributed by atoms with van der Waals surface area (Å²) in [5.41, 5.74) is 2.97. The Morgan fingerprint density at radius 1 is 0.909 bits per heavy atom. The molecule has 0 N–H and O–H groups in total. The molecule has 0 saturated heterocycles. The molecule has 0 aliphatic carbocycles. The van der Waals surface area contributed by atoms with Gasteiger partial charge in [0.2, 0.25) is 0 Å². The summed E-state index contributed by atoms with van der Waals surface area (Å²) in [5.74, 6) is -0.141. The maximum atomic E-state index is 12.1. The van der Waals surface area contributed by atoms with E-state index in [1.807, 2.05) is 18.2 Å². The molecule has 1 heterocycles. The van der Waals surface area contributed by atoms with Gasteiger partial charge in [-0.25, -0.2) is 0 Å². The minimum Gasteiger partial charge on any atom is -0.289 e. The number of rotatable bonds is 3. The van der Waals surface area contributed by atoms with E-state index in [1.165, 1.54) is 6.08 Å². The highest BCUT2D eigenvalue weighted by molar-refractivity contribution is 6.42. The SMILES string of the molecule is O=C(/C=C/c1ccc2nccnc2c1)c1ccc(Cl)c(Cl)c1. The molecular weight excluding hydrogens is 319 g/mol. The predicted octanol–water partition coefficient (Wildman–Crippen LogP) is 4.83. The highest BCUT2D eigenvalue weighted by Gasteiger charge is 2.05. The number of nitrogens with zero attached hydrogens (tertiary/aromatic N) is 2. The van der Waals surface area contributed by atoms with E-state index in [-0.39, 0.29) is 5.78 Å². The Morgan fingerprint density at radius 3 is 2.45 bits per heavy atom. The quantitative estimate of drug-likeness (QED) is 0.510. The van der Waals surface area contributed by atoms with Gasteiger partial charge in [-0.1, -0.05) is 35.3 Å². The van der Waals surface area contributed by atoms with Crippen LogP contribution in [-0.2, 0) is 0 Å². The van der Waals surface area contributed by atoms with Crippen LogP contribution in [0.25, 0.3) is 17.1 Å². The number of carbonyl (C=O) groups is 1. The number of hydrogen-bond acceptors (Lipinski definition) is 3. The monoisotopic (exact) mass is 328 g/mol. The Balaban J connectivity index is 1.85.